The number of benzene rings is 2. The van der Waals surface area contributed by atoms with E-state index < -0.39 is 35.7 Å². The second kappa shape index (κ2) is 17.9. The van der Waals surface area contributed by atoms with Gasteiger partial charge in [0.05, 0.1) is 19.8 Å². The molecule has 4 atom stereocenters. The first kappa shape index (κ1) is 36.0. The zero-order chi connectivity index (χ0) is 33.6. The van der Waals surface area contributed by atoms with Crippen molar-refractivity contribution >= 4 is 17.7 Å². The van der Waals surface area contributed by atoms with Crippen LogP contribution in [-0.4, -0.2) is 93.0 Å². The summed E-state index contributed by atoms with van der Waals surface area (Å²) in [4.78, 5) is 45.8. The van der Waals surface area contributed by atoms with Crippen molar-refractivity contribution in [3.8, 4) is 11.8 Å². The van der Waals surface area contributed by atoms with Gasteiger partial charge in [-0.3, -0.25) is 14.4 Å². The van der Waals surface area contributed by atoms with E-state index in [2.05, 4.69) is 22.6 Å². The molecule has 0 aromatic heterocycles. The summed E-state index contributed by atoms with van der Waals surface area (Å²) in [7, 11) is 2.78. The largest absolute Gasteiger partial charge is 0.386 e. The number of aliphatic hydroxyl groups excluding tert-OH is 1. The van der Waals surface area contributed by atoms with E-state index in [1.807, 2.05) is 12.1 Å². The third kappa shape index (κ3) is 10.1. The molecule has 0 aliphatic carbocycles. The molecule has 12 nitrogen and oxygen atoms in total. The minimum atomic E-state index is -1.90. The van der Waals surface area contributed by atoms with Crippen molar-refractivity contribution in [3.63, 3.8) is 0 Å². The fourth-order valence-electron chi connectivity index (χ4n) is 5.07. The third-order valence-corrected chi connectivity index (χ3v) is 8.23. The van der Waals surface area contributed by atoms with Crippen LogP contribution < -0.4 is 10.8 Å². The fraction of sp³-hybridized carbons (Fsp3) is 0.514. The Morgan fingerprint density at radius 2 is 1.51 bits per heavy atom. The Labute approximate surface area is 276 Å². The fourth-order valence-corrected chi connectivity index (χ4v) is 5.07. The van der Waals surface area contributed by atoms with E-state index in [4.69, 9.17) is 23.8 Å². The predicted molar refractivity (Wildman–Crippen MR) is 172 cm³/mol. The van der Waals surface area contributed by atoms with E-state index in [0.29, 0.717) is 37.4 Å². The van der Waals surface area contributed by atoms with Gasteiger partial charge >= 0.3 is 0 Å². The Bertz CT molecular complexity index is 1380. The number of amides is 3. The number of carbonyl (C=O) groups excluding carboxylic acids is 3. The van der Waals surface area contributed by atoms with Crippen LogP contribution >= 0.6 is 0 Å². The van der Waals surface area contributed by atoms with Gasteiger partial charge in [0.15, 0.2) is 18.1 Å². The van der Waals surface area contributed by atoms with Crippen molar-refractivity contribution in [3.05, 3.63) is 70.8 Å². The number of hydroxylamine groups is 1. The van der Waals surface area contributed by atoms with Crippen LogP contribution in [0.25, 0.3) is 0 Å². The van der Waals surface area contributed by atoms with Crippen LogP contribution in [0.15, 0.2) is 48.5 Å². The summed E-state index contributed by atoms with van der Waals surface area (Å²) >= 11 is 0. The molecule has 0 saturated carbocycles. The van der Waals surface area contributed by atoms with Crippen LogP contribution in [0.1, 0.15) is 78.6 Å². The van der Waals surface area contributed by atoms with Crippen molar-refractivity contribution in [1.29, 1.82) is 0 Å². The van der Waals surface area contributed by atoms with E-state index in [-0.39, 0.29) is 18.5 Å². The Morgan fingerprint density at radius 3 is 2.09 bits per heavy atom. The number of nitrogens with zero attached hydrogens (tertiary/aromatic N) is 1. The molecule has 3 amide bonds. The van der Waals surface area contributed by atoms with Gasteiger partial charge in [0.1, 0.15) is 6.10 Å². The normalized spacial score (nSPS) is 19.7. The molecule has 254 valence electrons. The molecule has 2 aliphatic heterocycles. The van der Waals surface area contributed by atoms with E-state index in [0.717, 1.165) is 49.2 Å². The van der Waals surface area contributed by atoms with E-state index in [1.165, 1.54) is 21.0 Å². The second-order valence-corrected chi connectivity index (χ2v) is 11.6. The van der Waals surface area contributed by atoms with Crippen molar-refractivity contribution in [2.75, 3.05) is 47.1 Å². The average Bonchev–Trinajstić information content (AvgIpc) is 3.12. The third-order valence-electron chi connectivity index (χ3n) is 8.23. The quantitative estimate of drug-likeness (QED) is 0.129. The molecule has 3 N–H and O–H groups in total. The molecule has 2 aliphatic rings. The first-order valence-electron chi connectivity index (χ1n) is 16.0. The lowest BCUT2D eigenvalue weighted by molar-refractivity contribution is -0.204. The summed E-state index contributed by atoms with van der Waals surface area (Å²) < 4.78 is 22.2. The molecule has 2 unspecified atom stereocenters. The number of aliphatic hydroxyl groups is 1. The van der Waals surface area contributed by atoms with E-state index in [9.17, 15) is 19.5 Å². The minimum Gasteiger partial charge on any atom is -0.386 e. The van der Waals surface area contributed by atoms with Crippen LogP contribution in [0.5, 0.6) is 0 Å². The Balaban J connectivity index is 1.28. The summed E-state index contributed by atoms with van der Waals surface area (Å²) in [5.74, 6) is 4.12. The van der Waals surface area contributed by atoms with Gasteiger partial charge in [0, 0.05) is 50.4 Å². The number of likely N-dealkylation sites (N-methyl/N-ethyl adjacent to an activating group) is 2. The summed E-state index contributed by atoms with van der Waals surface area (Å²) in [6, 6.07) is 13.8. The van der Waals surface area contributed by atoms with E-state index >= 15 is 0 Å². The topological polar surface area (TPSA) is 145 Å². The lowest BCUT2D eigenvalue weighted by Gasteiger charge is -2.36. The number of hydrogen-bond acceptors (Lipinski definition) is 9. The molecular formula is C35H45N3O9. The van der Waals surface area contributed by atoms with Gasteiger partial charge in [-0.05, 0) is 81.0 Å². The maximum atomic E-state index is 13.4. The second-order valence-electron chi connectivity index (χ2n) is 11.6. The molecule has 0 bridgehead atoms. The monoisotopic (exact) mass is 651 g/mol. The van der Waals surface area contributed by atoms with Crippen molar-refractivity contribution in [1.82, 2.24) is 15.7 Å². The van der Waals surface area contributed by atoms with Gasteiger partial charge in [-0.2, -0.15) is 0 Å². The lowest BCUT2D eigenvalue weighted by Crippen LogP contribution is -2.65. The van der Waals surface area contributed by atoms with Gasteiger partial charge < -0.3 is 34.3 Å². The highest BCUT2D eigenvalue weighted by molar-refractivity contribution is 6.12. The molecular weight excluding hydrogens is 606 g/mol. The van der Waals surface area contributed by atoms with Crippen molar-refractivity contribution in [2.24, 2.45) is 0 Å². The van der Waals surface area contributed by atoms with Crippen LogP contribution in [0.4, 0.5) is 0 Å². The highest BCUT2D eigenvalue weighted by atomic mass is 16.8. The maximum absolute atomic E-state index is 13.4. The molecule has 0 spiro atoms. The van der Waals surface area contributed by atoms with E-state index in [1.54, 1.807) is 36.4 Å². The van der Waals surface area contributed by atoms with Crippen LogP contribution in [-0.2, 0) is 33.4 Å². The molecule has 2 fully saturated rings. The maximum Gasteiger partial charge on any atom is 0.279 e. The highest BCUT2D eigenvalue weighted by Crippen LogP contribution is 2.20. The average molecular weight is 652 g/mol. The summed E-state index contributed by atoms with van der Waals surface area (Å²) in [6.07, 6.45) is 3.94. The molecule has 2 aromatic carbocycles. The van der Waals surface area contributed by atoms with Crippen LogP contribution in [0, 0.1) is 11.8 Å². The molecule has 2 heterocycles. The number of rotatable bonds is 13. The van der Waals surface area contributed by atoms with Crippen molar-refractivity contribution < 1.29 is 43.3 Å². The Kier molecular flexibility index (Phi) is 13.7. The molecule has 12 heteroatoms. The first-order chi connectivity index (χ1) is 22.7. The molecule has 2 saturated heterocycles. The summed E-state index contributed by atoms with van der Waals surface area (Å²) in [5.41, 5.74) is 2.80. The zero-order valence-corrected chi connectivity index (χ0v) is 27.3. The number of hydrogen-bond donors (Lipinski definition) is 3. The zero-order valence-electron chi connectivity index (χ0n) is 27.3. The standard InChI is InChI=1S/C35H45N3O9/c1-35(33(41)36-2,34(42)37-47-31-9-5-7-21-45-31)38(3)32(40)28-18-14-26(15-19-28)11-10-25-12-16-27(17-13-25)29(39)24-43-22-23-46-30-8-4-6-20-44-30/h12-19,29-31,39H,4-9,20-24H2,1-3H3,(H,36,41)(H,37,42)/t29-,30?,31?,35+/m1/s1. The molecule has 2 aromatic rings. The first-order valence-corrected chi connectivity index (χ1v) is 16.0. The number of nitrogens with one attached hydrogen (secondary N) is 2. The highest BCUT2D eigenvalue weighted by Gasteiger charge is 2.47. The molecule has 4 rings (SSSR count). The van der Waals surface area contributed by atoms with Gasteiger partial charge in [0.2, 0.25) is 0 Å². The van der Waals surface area contributed by atoms with Crippen molar-refractivity contribution in [2.45, 2.75) is 69.7 Å². The number of ether oxygens (including phenoxy) is 4. The summed E-state index contributed by atoms with van der Waals surface area (Å²) in [6.45, 7) is 3.53. The summed E-state index contributed by atoms with van der Waals surface area (Å²) in [5, 5.41) is 12.9. The smallest absolute Gasteiger partial charge is 0.279 e. The minimum absolute atomic E-state index is 0.149. The predicted octanol–water partition coefficient (Wildman–Crippen LogP) is 2.83. The Hall–Kier alpha value is -3.83. The van der Waals surface area contributed by atoms with Gasteiger partial charge in [-0.25, -0.2) is 10.3 Å². The number of carbonyl (C=O) groups is 3. The van der Waals surface area contributed by atoms with Gasteiger partial charge in [-0.1, -0.05) is 24.0 Å². The molecule has 0 radical (unpaired) electrons. The Morgan fingerprint density at radius 1 is 0.915 bits per heavy atom. The van der Waals surface area contributed by atoms with Crippen LogP contribution in [0.2, 0.25) is 0 Å². The SMILES string of the molecule is CNC(=O)[C@@](C)(C(=O)NOC1CCCCO1)N(C)C(=O)c1ccc(C#Cc2ccc([C@H](O)COCCOC3CCCCO3)cc2)cc1. The molecule has 47 heavy (non-hydrogen) atoms. The van der Waals surface area contributed by atoms with Gasteiger partial charge in [0.25, 0.3) is 17.7 Å². The lowest BCUT2D eigenvalue weighted by atomic mass is 9.96. The van der Waals surface area contributed by atoms with Crippen LogP contribution in [0.3, 0.4) is 0 Å². The van der Waals surface area contributed by atoms with Gasteiger partial charge in [-0.15, -0.1) is 0 Å².